The molecule has 2 aromatic carbocycles. The van der Waals surface area contributed by atoms with E-state index in [1.807, 2.05) is 24.3 Å². The van der Waals surface area contributed by atoms with E-state index in [4.69, 9.17) is 9.56 Å². The van der Waals surface area contributed by atoms with Gasteiger partial charge in [-0.2, -0.15) is 0 Å². The molecule has 7 nitrogen and oxygen atoms in total. The number of hydrogen-bond donors (Lipinski definition) is 2. The molecule has 0 aliphatic heterocycles. The molecule has 1 aliphatic rings. The van der Waals surface area contributed by atoms with Crippen LogP contribution >= 0.6 is 0 Å². The summed E-state index contributed by atoms with van der Waals surface area (Å²) in [4.78, 5) is 12.6. The number of benzene rings is 2. The van der Waals surface area contributed by atoms with Gasteiger partial charge in [0.1, 0.15) is 0 Å². The molecule has 4 rings (SSSR count). The zero-order valence-electron chi connectivity index (χ0n) is 17.0. The van der Waals surface area contributed by atoms with Crippen LogP contribution in [0.25, 0.3) is 16.8 Å². The molecule has 1 heterocycles. The van der Waals surface area contributed by atoms with Gasteiger partial charge in [0.2, 0.25) is 10.0 Å². The number of rotatable bonds is 7. The van der Waals surface area contributed by atoms with Gasteiger partial charge in [-0.05, 0) is 49.1 Å². The second-order valence-electron chi connectivity index (χ2n) is 8.17. The van der Waals surface area contributed by atoms with Crippen LogP contribution in [0.15, 0.2) is 56.6 Å². The topological polar surface area (TPSA) is 107 Å². The number of nitrogens with two attached hydrogens (primary N) is 1. The van der Waals surface area contributed by atoms with Gasteiger partial charge in [-0.3, -0.25) is 0 Å². The second kappa shape index (κ2) is 8.37. The van der Waals surface area contributed by atoms with Crippen molar-refractivity contribution in [1.82, 2.24) is 9.88 Å². The average molecular weight is 430 g/mol. The fourth-order valence-electron chi connectivity index (χ4n) is 4.39. The molecular weight excluding hydrogens is 402 g/mol. The van der Waals surface area contributed by atoms with Crippen LogP contribution in [0.5, 0.6) is 0 Å². The van der Waals surface area contributed by atoms with Crippen molar-refractivity contribution >= 4 is 21.1 Å². The van der Waals surface area contributed by atoms with Crippen LogP contribution in [-0.4, -0.2) is 19.0 Å². The highest BCUT2D eigenvalue weighted by atomic mass is 32.2. The number of hydrogen-bond acceptors (Lipinski definition) is 5. The van der Waals surface area contributed by atoms with Gasteiger partial charge in [0.15, 0.2) is 5.58 Å². The molecule has 0 radical (unpaired) electrons. The first-order valence-electron chi connectivity index (χ1n) is 10.3. The van der Waals surface area contributed by atoms with Crippen molar-refractivity contribution in [3.05, 3.63) is 58.6 Å². The Hall–Kier alpha value is -2.42. The quantitative estimate of drug-likeness (QED) is 0.599. The summed E-state index contributed by atoms with van der Waals surface area (Å²) in [5.41, 5.74) is 2.28. The highest BCUT2D eigenvalue weighted by Crippen LogP contribution is 2.29. The van der Waals surface area contributed by atoms with Gasteiger partial charge in [0, 0.05) is 12.6 Å². The maximum Gasteiger partial charge on any atom is 0.424 e. The number of nitrogens with one attached hydrogen (secondary N) is 1. The Balaban J connectivity index is 1.65. The molecule has 0 saturated heterocycles. The number of oxazole rings is 1. The van der Waals surface area contributed by atoms with E-state index < -0.39 is 15.8 Å². The van der Waals surface area contributed by atoms with E-state index in [-0.39, 0.29) is 4.90 Å². The first kappa shape index (κ1) is 20.8. The van der Waals surface area contributed by atoms with Gasteiger partial charge in [0.25, 0.3) is 0 Å². The van der Waals surface area contributed by atoms with Crippen LogP contribution in [0.3, 0.4) is 0 Å². The van der Waals surface area contributed by atoms with Crippen LogP contribution in [0.1, 0.15) is 44.6 Å². The average Bonchev–Trinajstić information content (AvgIpc) is 3.32. The lowest BCUT2D eigenvalue weighted by atomic mass is 9.99. The van der Waals surface area contributed by atoms with Crippen LogP contribution < -0.4 is 16.2 Å². The highest BCUT2D eigenvalue weighted by Gasteiger charge is 2.19. The molecule has 0 bridgehead atoms. The second-order valence-corrected chi connectivity index (χ2v) is 9.74. The Morgan fingerprint density at radius 1 is 1.20 bits per heavy atom. The predicted octanol–water partition coefficient (Wildman–Crippen LogP) is 3.29. The van der Waals surface area contributed by atoms with Gasteiger partial charge >= 0.3 is 5.76 Å². The minimum absolute atomic E-state index is 0.0645. The van der Waals surface area contributed by atoms with Crippen molar-refractivity contribution in [3.63, 3.8) is 0 Å². The zero-order chi connectivity index (χ0) is 21.3. The lowest BCUT2D eigenvalue weighted by molar-refractivity contribution is 0.404. The van der Waals surface area contributed by atoms with Gasteiger partial charge < -0.3 is 9.73 Å². The van der Waals surface area contributed by atoms with Crippen LogP contribution in [-0.2, 0) is 16.6 Å². The largest absolute Gasteiger partial charge is 0.424 e. The van der Waals surface area contributed by atoms with E-state index in [0.29, 0.717) is 29.4 Å². The summed E-state index contributed by atoms with van der Waals surface area (Å²) in [6, 6.07) is 12.1. The van der Waals surface area contributed by atoms with Gasteiger partial charge in [0.05, 0.1) is 16.1 Å². The third-order valence-electron chi connectivity index (χ3n) is 5.91. The van der Waals surface area contributed by atoms with Gasteiger partial charge in [-0.15, -0.1) is 0 Å². The SMILES string of the molecule is C[C@@H](CC1CCCC1)NCc1ccccc1-n1c(=O)oc2ccc(S(N)(=O)=O)cc21. The van der Waals surface area contributed by atoms with Crippen LogP contribution in [0.4, 0.5) is 0 Å². The van der Waals surface area contributed by atoms with Crippen molar-refractivity contribution in [2.24, 2.45) is 11.1 Å². The Morgan fingerprint density at radius 2 is 1.93 bits per heavy atom. The molecule has 1 fully saturated rings. The summed E-state index contributed by atoms with van der Waals surface area (Å²) in [5.74, 6) is 0.225. The molecule has 1 saturated carbocycles. The summed E-state index contributed by atoms with van der Waals surface area (Å²) in [5, 5.41) is 8.83. The summed E-state index contributed by atoms with van der Waals surface area (Å²) < 4.78 is 30.3. The number of fused-ring (bicyclic) bond motifs is 1. The molecule has 1 aliphatic carbocycles. The van der Waals surface area contributed by atoms with Crippen molar-refractivity contribution < 1.29 is 12.8 Å². The maximum absolute atomic E-state index is 12.6. The van der Waals surface area contributed by atoms with Crippen molar-refractivity contribution in [1.29, 1.82) is 0 Å². The van der Waals surface area contributed by atoms with Crippen LogP contribution in [0, 0.1) is 5.92 Å². The summed E-state index contributed by atoms with van der Waals surface area (Å²) in [6.45, 7) is 2.79. The Labute approximate surface area is 175 Å². The fourth-order valence-corrected chi connectivity index (χ4v) is 4.93. The third kappa shape index (κ3) is 4.35. The molecule has 0 amide bonds. The minimum atomic E-state index is -3.90. The zero-order valence-corrected chi connectivity index (χ0v) is 17.8. The standard InChI is InChI=1S/C22H27N3O4S/c1-15(12-16-6-2-3-7-16)24-14-17-8-4-5-9-19(17)25-20-13-18(30(23,27)28)10-11-21(20)29-22(25)26/h4-5,8-11,13,15-16,24H,2-3,6-7,12,14H2,1H3,(H2,23,27,28)/t15-/m0/s1. The molecule has 30 heavy (non-hydrogen) atoms. The number of para-hydroxylation sites is 1. The van der Waals surface area contributed by atoms with E-state index in [2.05, 4.69) is 12.2 Å². The predicted molar refractivity (Wildman–Crippen MR) is 116 cm³/mol. The molecule has 0 spiro atoms. The van der Waals surface area contributed by atoms with Crippen molar-refractivity contribution in [2.45, 2.75) is 56.5 Å². The summed E-state index contributed by atoms with van der Waals surface area (Å²) >= 11 is 0. The molecule has 0 unspecified atom stereocenters. The smallest absolute Gasteiger partial charge is 0.407 e. The third-order valence-corrected chi connectivity index (χ3v) is 6.83. The first-order valence-corrected chi connectivity index (χ1v) is 11.9. The first-order chi connectivity index (χ1) is 14.3. The van der Waals surface area contributed by atoms with E-state index in [0.717, 1.165) is 17.9 Å². The number of sulfonamides is 1. The Kier molecular flexibility index (Phi) is 5.81. The van der Waals surface area contributed by atoms with E-state index in [1.165, 1.54) is 48.4 Å². The maximum atomic E-state index is 12.6. The van der Waals surface area contributed by atoms with Gasteiger partial charge in [-0.25, -0.2) is 22.9 Å². The van der Waals surface area contributed by atoms with Crippen LogP contribution in [0.2, 0.25) is 0 Å². The summed E-state index contributed by atoms with van der Waals surface area (Å²) in [6.07, 6.45) is 6.43. The van der Waals surface area contributed by atoms with Crippen molar-refractivity contribution in [3.8, 4) is 5.69 Å². The normalized spacial score (nSPS) is 16.3. The Morgan fingerprint density at radius 3 is 2.67 bits per heavy atom. The Bertz CT molecular complexity index is 1210. The monoisotopic (exact) mass is 429 g/mol. The van der Waals surface area contributed by atoms with Crippen molar-refractivity contribution in [2.75, 3.05) is 0 Å². The number of nitrogens with zero attached hydrogens (tertiary/aromatic N) is 1. The molecule has 1 atom stereocenters. The van der Waals surface area contributed by atoms with E-state index in [1.54, 1.807) is 0 Å². The lowest BCUT2D eigenvalue weighted by Crippen LogP contribution is -2.28. The molecule has 160 valence electrons. The lowest BCUT2D eigenvalue weighted by Gasteiger charge is -2.19. The number of aromatic nitrogens is 1. The number of primary sulfonamides is 1. The van der Waals surface area contributed by atoms with E-state index in [9.17, 15) is 13.2 Å². The molecule has 8 heteroatoms. The molecular formula is C22H27N3O4S. The highest BCUT2D eigenvalue weighted by molar-refractivity contribution is 7.89. The minimum Gasteiger partial charge on any atom is -0.407 e. The molecule has 3 aromatic rings. The van der Waals surface area contributed by atoms with E-state index >= 15 is 0 Å². The molecule has 3 N–H and O–H groups in total. The molecule has 1 aromatic heterocycles. The van der Waals surface area contributed by atoms with Gasteiger partial charge in [-0.1, -0.05) is 43.9 Å². The summed E-state index contributed by atoms with van der Waals surface area (Å²) in [7, 11) is -3.90. The fraction of sp³-hybridized carbons (Fsp3) is 0.409.